The molecule has 4 rings (SSSR count). The molecule has 0 aliphatic rings. The average Bonchev–Trinajstić information content (AvgIpc) is 3.22. The molecule has 0 aliphatic carbocycles. The first kappa shape index (κ1) is 22.0. The van der Waals surface area contributed by atoms with E-state index in [1.165, 1.54) is 10.6 Å². The maximum absolute atomic E-state index is 12.6. The summed E-state index contributed by atoms with van der Waals surface area (Å²) in [5.74, 6) is -0.840. The van der Waals surface area contributed by atoms with Crippen LogP contribution in [0, 0.1) is 0 Å². The maximum Gasteiger partial charge on any atom is 0.290 e. The highest BCUT2D eigenvalue weighted by Crippen LogP contribution is 2.29. The number of aromatic nitrogens is 2. The Balaban J connectivity index is 1.42. The lowest BCUT2D eigenvalue weighted by atomic mass is 10.1. The van der Waals surface area contributed by atoms with Crippen molar-refractivity contribution in [2.45, 2.75) is 5.16 Å². The third-order valence-electron chi connectivity index (χ3n) is 4.71. The minimum absolute atomic E-state index is 0.133. The Morgan fingerprint density at radius 1 is 0.939 bits per heavy atom. The van der Waals surface area contributed by atoms with Gasteiger partial charge in [0, 0.05) is 18.0 Å². The van der Waals surface area contributed by atoms with Crippen LogP contribution in [0.4, 0.5) is 0 Å². The lowest BCUT2D eigenvalue weighted by Gasteiger charge is -2.12. The predicted molar refractivity (Wildman–Crippen MR) is 121 cm³/mol. The first-order chi connectivity index (χ1) is 15.8. The van der Waals surface area contributed by atoms with Crippen LogP contribution < -0.4 is 15.6 Å². The minimum atomic E-state index is -3.68. The first-order valence-electron chi connectivity index (χ1n) is 9.88. The number of nitrogens with zero attached hydrogens (tertiary/aromatic N) is 2. The van der Waals surface area contributed by atoms with E-state index in [1.807, 2.05) is 42.5 Å². The average molecular weight is 465 g/mol. The van der Waals surface area contributed by atoms with Gasteiger partial charge in [-0.3, -0.25) is 24.8 Å². The monoisotopic (exact) mass is 464 g/mol. The standard InChI is InChI=1S/C23H20N4O5S/c1-33(30,31)23-24-21(18-12-7-8-14-27(18)23)22(29)26-25-20(28)15-32-19-13-6-5-11-17(19)16-9-3-2-4-10-16/h2-14H,15H2,1H3,(H,25,28)(H,26,29). The van der Waals surface area contributed by atoms with E-state index >= 15 is 0 Å². The topological polar surface area (TPSA) is 119 Å². The fourth-order valence-corrected chi connectivity index (χ4v) is 4.03. The number of benzene rings is 2. The van der Waals surface area contributed by atoms with Crippen LogP contribution in [-0.4, -0.2) is 42.5 Å². The van der Waals surface area contributed by atoms with E-state index in [-0.39, 0.29) is 23.0 Å². The van der Waals surface area contributed by atoms with Crippen LogP contribution >= 0.6 is 0 Å². The molecule has 4 aromatic rings. The van der Waals surface area contributed by atoms with Crippen molar-refractivity contribution in [1.29, 1.82) is 0 Å². The van der Waals surface area contributed by atoms with Gasteiger partial charge in [-0.15, -0.1) is 0 Å². The molecule has 0 aliphatic heterocycles. The van der Waals surface area contributed by atoms with Crippen LogP contribution in [0.2, 0.25) is 0 Å². The molecule has 0 unspecified atom stereocenters. The molecule has 0 bridgehead atoms. The summed E-state index contributed by atoms with van der Waals surface area (Å²) in [7, 11) is -3.68. The first-order valence-corrected chi connectivity index (χ1v) is 11.8. The molecule has 0 saturated heterocycles. The number of ether oxygens (including phenoxy) is 1. The Kier molecular flexibility index (Phi) is 6.09. The number of pyridine rings is 1. The van der Waals surface area contributed by atoms with Gasteiger partial charge in [0.2, 0.25) is 15.0 Å². The van der Waals surface area contributed by atoms with Crippen molar-refractivity contribution < 1.29 is 22.7 Å². The lowest BCUT2D eigenvalue weighted by Crippen LogP contribution is -2.44. The number of para-hydroxylation sites is 1. The van der Waals surface area contributed by atoms with Crippen LogP contribution in [0.5, 0.6) is 5.75 Å². The second kappa shape index (κ2) is 9.13. The second-order valence-electron chi connectivity index (χ2n) is 7.12. The molecule has 0 atom stereocenters. The molecule has 2 heterocycles. The Morgan fingerprint density at radius 3 is 2.39 bits per heavy atom. The summed E-state index contributed by atoms with van der Waals surface area (Å²) < 4.78 is 30.9. The third kappa shape index (κ3) is 4.85. The summed E-state index contributed by atoms with van der Waals surface area (Å²) in [6, 6.07) is 21.7. The number of amides is 2. The summed E-state index contributed by atoms with van der Waals surface area (Å²) in [5.41, 5.74) is 6.43. The number of hydrogen-bond acceptors (Lipinski definition) is 6. The van der Waals surface area contributed by atoms with E-state index in [1.54, 1.807) is 30.3 Å². The Bertz CT molecular complexity index is 1430. The molecule has 2 N–H and O–H groups in total. The molecule has 168 valence electrons. The fraction of sp³-hybridized carbons (Fsp3) is 0.0870. The molecule has 2 aromatic carbocycles. The van der Waals surface area contributed by atoms with Gasteiger partial charge in [-0.1, -0.05) is 54.6 Å². The number of fused-ring (bicyclic) bond motifs is 1. The van der Waals surface area contributed by atoms with E-state index in [4.69, 9.17) is 4.74 Å². The molecule has 33 heavy (non-hydrogen) atoms. The number of carbonyl (C=O) groups is 2. The molecule has 2 aromatic heterocycles. The molecule has 0 radical (unpaired) electrons. The van der Waals surface area contributed by atoms with Crippen LogP contribution in [-0.2, 0) is 14.6 Å². The fourth-order valence-electron chi connectivity index (χ4n) is 3.25. The second-order valence-corrected chi connectivity index (χ2v) is 9.03. The van der Waals surface area contributed by atoms with Gasteiger partial charge in [0.25, 0.3) is 11.8 Å². The zero-order chi connectivity index (χ0) is 23.4. The van der Waals surface area contributed by atoms with Gasteiger partial charge in [0.05, 0.1) is 5.52 Å². The number of hydrogen-bond donors (Lipinski definition) is 2. The van der Waals surface area contributed by atoms with Gasteiger partial charge >= 0.3 is 0 Å². The van der Waals surface area contributed by atoms with Gasteiger partial charge in [-0.2, -0.15) is 0 Å². The Labute approximate surface area is 189 Å². The van der Waals surface area contributed by atoms with Crippen molar-refractivity contribution in [1.82, 2.24) is 20.2 Å². The molecule has 2 amide bonds. The van der Waals surface area contributed by atoms with Crippen LogP contribution in [0.3, 0.4) is 0 Å². The lowest BCUT2D eigenvalue weighted by molar-refractivity contribution is -0.123. The van der Waals surface area contributed by atoms with Crippen molar-refractivity contribution in [3.8, 4) is 16.9 Å². The Hall–Kier alpha value is -4.18. The van der Waals surface area contributed by atoms with Crippen molar-refractivity contribution in [2.75, 3.05) is 12.9 Å². The SMILES string of the molecule is CS(=O)(=O)c1nc(C(=O)NNC(=O)COc2ccccc2-c2ccccc2)c2ccccn12. The number of sulfone groups is 1. The van der Waals surface area contributed by atoms with E-state index in [2.05, 4.69) is 15.8 Å². The third-order valence-corrected chi connectivity index (χ3v) is 5.66. The molecular formula is C23H20N4O5S. The maximum atomic E-state index is 12.6. The van der Waals surface area contributed by atoms with Crippen molar-refractivity contribution >= 4 is 27.2 Å². The van der Waals surface area contributed by atoms with Gasteiger partial charge in [-0.05, 0) is 23.8 Å². The minimum Gasteiger partial charge on any atom is -0.483 e. The number of rotatable bonds is 6. The molecule has 0 saturated carbocycles. The predicted octanol–water partition coefficient (Wildman–Crippen LogP) is 2.24. The van der Waals surface area contributed by atoms with E-state index < -0.39 is 21.7 Å². The molecule has 0 fully saturated rings. The van der Waals surface area contributed by atoms with Crippen molar-refractivity contribution in [3.05, 3.63) is 84.7 Å². The molecule has 10 heteroatoms. The largest absolute Gasteiger partial charge is 0.483 e. The number of imidazole rings is 1. The quantitative estimate of drug-likeness (QED) is 0.423. The zero-order valence-corrected chi connectivity index (χ0v) is 18.4. The number of nitrogens with one attached hydrogen (secondary N) is 2. The summed E-state index contributed by atoms with van der Waals surface area (Å²) in [6.45, 7) is -0.345. The van der Waals surface area contributed by atoms with Crippen molar-refractivity contribution in [2.24, 2.45) is 0 Å². The highest BCUT2D eigenvalue weighted by molar-refractivity contribution is 7.90. The summed E-state index contributed by atoms with van der Waals surface area (Å²) in [4.78, 5) is 28.8. The summed E-state index contributed by atoms with van der Waals surface area (Å²) >= 11 is 0. The molecule has 0 spiro atoms. The van der Waals surface area contributed by atoms with Crippen LogP contribution in [0.1, 0.15) is 10.5 Å². The normalized spacial score (nSPS) is 11.2. The van der Waals surface area contributed by atoms with Gasteiger partial charge in [0.1, 0.15) is 5.75 Å². The Morgan fingerprint density at radius 2 is 1.64 bits per heavy atom. The van der Waals surface area contributed by atoms with E-state index in [0.29, 0.717) is 5.75 Å². The van der Waals surface area contributed by atoms with Crippen molar-refractivity contribution in [3.63, 3.8) is 0 Å². The summed E-state index contributed by atoms with van der Waals surface area (Å²) in [6.07, 6.45) is 2.49. The smallest absolute Gasteiger partial charge is 0.290 e. The highest BCUT2D eigenvalue weighted by Gasteiger charge is 2.23. The van der Waals surface area contributed by atoms with Gasteiger partial charge < -0.3 is 4.74 Å². The number of hydrazine groups is 1. The number of carbonyl (C=O) groups excluding carboxylic acids is 2. The zero-order valence-electron chi connectivity index (χ0n) is 17.6. The van der Waals surface area contributed by atoms with E-state index in [9.17, 15) is 18.0 Å². The van der Waals surface area contributed by atoms with Gasteiger partial charge in [0.15, 0.2) is 12.3 Å². The highest BCUT2D eigenvalue weighted by atomic mass is 32.2. The summed E-state index contributed by atoms with van der Waals surface area (Å²) in [5, 5.41) is -0.268. The molecule has 9 nitrogen and oxygen atoms in total. The van der Waals surface area contributed by atoms with Crippen LogP contribution in [0.25, 0.3) is 16.6 Å². The molecular weight excluding hydrogens is 444 g/mol. The van der Waals surface area contributed by atoms with Gasteiger partial charge in [-0.25, -0.2) is 13.4 Å². The van der Waals surface area contributed by atoms with Crippen LogP contribution in [0.15, 0.2) is 84.1 Å². The van der Waals surface area contributed by atoms with E-state index in [0.717, 1.165) is 17.4 Å².